The number of benzene rings is 1. The van der Waals surface area contributed by atoms with Gasteiger partial charge in [0.05, 0.1) is 20.3 Å². The molecule has 1 rings (SSSR count). The summed E-state index contributed by atoms with van der Waals surface area (Å²) in [6.45, 7) is 13.3. The maximum Gasteiger partial charge on any atom is 0.162 e. The summed E-state index contributed by atoms with van der Waals surface area (Å²) in [6, 6.07) is 10.3. The van der Waals surface area contributed by atoms with Gasteiger partial charge in [-0.1, -0.05) is 68.7 Å². The van der Waals surface area contributed by atoms with Crippen LogP contribution in [0.5, 0.6) is 0 Å². The number of aliphatic hydroxyl groups excluding tert-OH is 1. The molecule has 5 nitrogen and oxygen atoms in total. The van der Waals surface area contributed by atoms with Gasteiger partial charge in [-0.15, -0.1) is 0 Å². The van der Waals surface area contributed by atoms with Gasteiger partial charge in [-0.2, -0.15) is 0 Å². The molecule has 176 valence electrons. The molecule has 5 heteroatoms. The fraction of sp³-hybridized carbons (Fsp3) is 0.538. The molecule has 31 heavy (non-hydrogen) atoms. The van der Waals surface area contributed by atoms with E-state index in [0.29, 0.717) is 24.7 Å². The highest BCUT2D eigenvalue weighted by molar-refractivity contribution is 5.25. The van der Waals surface area contributed by atoms with Crippen LogP contribution in [0.1, 0.15) is 45.1 Å². The predicted molar refractivity (Wildman–Crippen MR) is 132 cm³/mol. The van der Waals surface area contributed by atoms with Crippen LogP contribution < -0.4 is 5.32 Å². The van der Waals surface area contributed by atoms with Gasteiger partial charge in [0.2, 0.25) is 0 Å². The Hall–Kier alpha value is -2.24. The van der Waals surface area contributed by atoms with Crippen molar-refractivity contribution in [3.8, 4) is 0 Å². The summed E-state index contributed by atoms with van der Waals surface area (Å²) in [6.07, 6.45) is 8.29. The Morgan fingerprint density at radius 1 is 1.13 bits per heavy atom. The molecule has 0 heterocycles. The SMILES string of the molecule is C=C/C(OC)=C(\C=C(/C)NCCN(C)CCO)OCCCCCC.Cc1ccccc1. The van der Waals surface area contributed by atoms with Gasteiger partial charge in [0.25, 0.3) is 0 Å². The molecule has 0 spiro atoms. The lowest BCUT2D eigenvalue weighted by Gasteiger charge is -2.16. The number of aliphatic hydroxyl groups is 1. The highest BCUT2D eigenvalue weighted by Gasteiger charge is 2.05. The quantitative estimate of drug-likeness (QED) is 0.231. The van der Waals surface area contributed by atoms with Crippen LogP contribution in [0.2, 0.25) is 0 Å². The largest absolute Gasteiger partial charge is 0.493 e. The smallest absolute Gasteiger partial charge is 0.162 e. The molecule has 0 bridgehead atoms. The fourth-order valence-electron chi connectivity index (χ4n) is 2.69. The number of nitrogens with zero attached hydrogens (tertiary/aromatic N) is 1. The number of likely N-dealkylation sites (N-methyl/N-ethyl adjacent to an activating group) is 1. The third-order valence-corrected chi connectivity index (χ3v) is 4.57. The summed E-state index contributed by atoms with van der Waals surface area (Å²) in [7, 11) is 3.61. The van der Waals surface area contributed by atoms with Crippen molar-refractivity contribution < 1.29 is 14.6 Å². The van der Waals surface area contributed by atoms with Crippen LogP contribution in [0.25, 0.3) is 0 Å². The summed E-state index contributed by atoms with van der Waals surface area (Å²) in [5, 5.41) is 12.2. The molecular formula is C26H44N2O3. The molecule has 0 saturated carbocycles. The molecule has 0 amide bonds. The van der Waals surface area contributed by atoms with Crippen molar-refractivity contribution in [3.05, 3.63) is 71.8 Å². The molecule has 0 atom stereocenters. The van der Waals surface area contributed by atoms with Crippen molar-refractivity contribution in [2.24, 2.45) is 0 Å². The third-order valence-electron chi connectivity index (χ3n) is 4.57. The lowest BCUT2D eigenvalue weighted by Crippen LogP contribution is -2.30. The second-order valence-electron chi connectivity index (χ2n) is 7.48. The first-order valence-electron chi connectivity index (χ1n) is 11.2. The van der Waals surface area contributed by atoms with Gasteiger partial charge in [0.1, 0.15) is 0 Å². The van der Waals surface area contributed by atoms with E-state index < -0.39 is 0 Å². The Labute approximate surface area is 190 Å². The molecule has 0 aromatic heterocycles. The van der Waals surface area contributed by atoms with Crippen molar-refractivity contribution in [1.82, 2.24) is 10.2 Å². The zero-order valence-corrected chi connectivity index (χ0v) is 20.3. The monoisotopic (exact) mass is 432 g/mol. The minimum Gasteiger partial charge on any atom is -0.493 e. The fourth-order valence-corrected chi connectivity index (χ4v) is 2.69. The summed E-state index contributed by atoms with van der Waals surface area (Å²) < 4.78 is 11.2. The molecule has 0 unspecified atom stereocenters. The molecule has 0 radical (unpaired) electrons. The van der Waals surface area contributed by atoms with E-state index in [2.05, 4.69) is 42.8 Å². The topological polar surface area (TPSA) is 54.0 Å². The van der Waals surface area contributed by atoms with Crippen LogP contribution in [0.3, 0.4) is 0 Å². The van der Waals surface area contributed by atoms with Crippen LogP contribution >= 0.6 is 0 Å². The molecule has 1 aromatic rings. The molecule has 1 aromatic carbocycles. The van der Waals surface area contributed by atoms with E-state index in [0.717, 1.165) is 25.2 Å². The average molecular weight is 433 g/mol. The van der Waals surface area contributed by atoms with Crippen molar-refractivity contribution in [1.29, 1.82) is 0 Å². The van der Waals surface area contributed by atoms with Gasteiger partial charge >= 0.3 is 0 Å². The molecule has 0 aliphatic carbocycles. The van der Waals surface area contributed by atoms with E-state index in [1.165, 1.54) is 24.8 Å². The summed E-state index contributed by atoms with van der Waals surface area (Å²) in [5.74, 6) is 1.35. The molecule has 0 saturated heterocycles. The first-order chi connectivity index (χ1) is 15.0. The second kappa shape index (κ2) is 19.7. The maximum absolute atomic E-state index is 8.90. The predicted octanol–water partition coefficient (Wildman–Crippen LogP) is 5.04. The Kier molecular flexibility index (Phi) is 18.3. The Balaban J connectivity index is 0.00000107. The zero-order valence-electron chi connectivity index (χ0n) is 20.3. The molecule has 2 N–H and O–H groups in total. The van der Waals surface area contributed by atoms with E-state index in [-0.39, 0.29) is 6.61 Å². The molecule has 0 aliphatic heterocycles. The minimum absolute atomic E-state index is 0.181. The van der Waals surface area contributed by atoms with Crippen LogP contribution in [-0.4, -0.2) is 57.0 Å². The van der Waals surface area contributed by atoms with E-state index in [4.69, 9.17) is 14.6 Å². The van der Waals surface area contributed by atoms with Gasteiger partial charge in [-0.05, 0) is 33.4 Å². The van der Waals surface area contributed by atoms with Gasteiger partial charge in [-0.25, -0.2) is 0 Å². The lowest BCUT2D eigenvalue weighted by atomic mass is 10.2. The van der Waals surface area contributed by atoms with E-state index in [9.17, 15) is 0 Å². The number of ether oxygens (including phenoxy) is 2. The third kappa shape index (κ3) is 16.2. The first-order valence-corrected chi connectivity index (χ1v) is 11.2. The van der Waals surface area contributed by atoms with Crippen LogP contribution in [0, 0.1) is 6.92 Å². The highest BCUT2D eigenvalue weighted by Crippen LogP contribution is 2.13. The number of aryl methyl sites for hydroxylation is 1. The van der Waals surface area contributed by atoms with Crippen molar-refractivity contribution in [3.63, 3.8) is 0 Å². The number of hydrogen-bond donors (Lipinski definition) is 2. The second-order valence-corrected chi connectivity index (χ2v) is 7.48. The average Bonchev–Trinajstić information content (AvgIpc) is 2.75. The van der Waals surface area contributed by atoms with Gasteiger partial charge in [-0.3, -0.25) is 0 Å². The number of nitrogens with one attached hydrogen (secondary N) is 1. The summed E-state index contributed by atoms with van der Waals surface area (Å²) in [5.41, 5.74) is 2.33. The Morgan fingerprint density at radius 3 is 2.35 bits per heavy atom. The Bertz CT molecular complexity index is 627. The van der Waals surface area contributed by atoms with E-state index >= 15 is 0 Å². The molecular weight excluding hydrogens is 388 g/mol. The summed E-state index contributed by atoms with van der Waals surface area (Å²) >= 11 is 0. The van der Waals surface area contributed by atoms with Crippen molar-refractivity contribution >= 4 is 0 Å². The highest BCUT2D eigenvalue weighted by atomic mass is 16.5. The van der Waals surface area contributed by atoms with Gasteiger partial charge in [0.15, 0.2) is 11.5 Å². The lowest BCUT2D eigenvalue weighted by molar-refractivity contribution is 0.188. The van der Waals surface area contributed by atoms with Gasteiger partial charge in [0, 0.05) is 31.4 Å². The standard InChI is InChI=1S/C19H36N2O3.C7H8/c1-6-8-9-10-15-24-19(18(7-2)23-5)16-17(3)20-11-12-21(4)13-14-22;1-7-5-3-2-4-6-7/h7,16,20,22H,2,6,8-15H2,1,3-5H3;2-6H,1H3/b17-16+,19-18-;. The summed E-state index contributed by atoms with van der Waals surface area (Å²) in [4.78, 5) is 2.07. The number of methoxy groups -OCH3 is 1. The minimum atomic E-state index is 0.181. The zero-order chi connectivity index (χ0) is 23.3. The van der Waals surface area contributed by atoms with Crippen LogP contribution in [-0.2, 0) is 9.47 Å². The number of hydrogen-bond acceptors (Lipinski definition) is 5. The number of unbranched alkanes of at least 4 members (excludes halogenated alkanes) is 3. The molecule has 0 aliphatic rings. The van der Waals surface area contributed by atoms with Crippen molar-refractivity contribution in [2.45, 2.75) is 46.5 Å². The van der Waals surface area contributed by atoms with E-state index in [1.54, 1.807) is 13.2 Å². The normalized spacial score (nSPS) is 11.9. The maximum atomic E-state index is 8.90. The van der Waals surface area contributed by atoms with E-state index in [1.807, 2.05) is 38.2 Å². The first kappa shape index (κ1) is 28.8. The van der Waals surface area contributed by atoms with Crippen LogP contribution in [0.15, 0.2) is 66.3 Å². The number of rotatable bonds is 15. The number of allylic oxidation sites excluding steroid dienone is 3. The van der Waals surface area contributed by atoms with Gasteiger partial charge < -0.3 is 24.8 Å². The molecule has 0 fully saturated rings. The van der Waals surface area contributed by atoms with Crippen LogP contribution in [0.4, 0.5) is 0 Å². The Morgan fingerprint density at radius 2 is 1.84 bits per heavy atom. The van der Waals surface area contributed by atoms with Crippen molar-refractivity contribution in [2.75, 3.05) is 47.0 Å².